The number of benzene rings is 1. The van der Waals surface area contributed by atoms with Crippen LogP contribution >= 0.6 is 22.9 Å². The molecule has 4 heteroatoms. The minimum absolute atomic E-state index is 0.387. The van der Waals surface area contributed by atoms with Crippen molar-refractivity contribution in [2.75, 3.05) is 5.73 Å². The van der Waals surface area contributed by atoms with E-state index in [0.717, 1.165) is 22.7 Å². The van der Waals surface area contributed by atoms with E-state index in [4.69, 9.17) is 17.3 Å². The fraction of sp³-hybridized carbons (Fsp3) is 0.357. The van der Waals surface area contributed by atoms with Crippen LogP contribution in [0.2, 0.25) is 5.02 Å². The highest BCUT2D eigenvalue weighted by Gasteiger charge is 2.14. The first-order valence-electron chi connectivity index (χ1n) is 5.97. The number of rotatable bonds is 3. The van der Waals surface area contributed by atoms with Gasteiger partial charge in [0.25, 0.3) is 0 Å². The maximum absolute atomic E-state index is 6.27. The highest BCUT2D eigenvalue weighted by Crippen LogP contribution is 2.30. The molecule has 0 radical (unpaired) electrons. The molecule has 2 N–H and O–H groups in total. The summed E-state index contributed by atoms with van der Waals surface area (Å²) in [5, 5.41) is 1.45. The van der Waals surface area contributed by atoms with E-state index in [9.17, 15) is 0 Å². The Labute approximate surface area is 117 Å². The molecule has 0 atom stereocenters. The van der Waals surface area contributed by atoms with Crippen molar-refractivity contribution < 1.29 is 0 Å². The van der Waals surface area contributed by atoms with Gasteiger partial charge in [0.2, 0.25) is 0 Å². The average Bonchev–Trinajstić information content (AvgIpc) is 2.64. The zero-order valence-corrected chi connectivity index (χ0v) is 12.4. The molecule has 2 nitrogen and oxygen atoms in total. The number of nitrogen functional groups attached to an aromatic ring is 1. The highest BCUT2D eigenvalue weighted by atomic mass is 35.5. The van der Waals surface area contributed by atoms with Crippen LogP contribution < -0.4 is 5.73 Å². The number of nitrogens with zero attached hydrogens (tertiary/aromatic N) is 1. The molecular formula is C14H17ClN2S. The minimum Gasteiger partial charge on any atom is -0.375 e. The molecule has 1 aromatic carbocycles. The molecule has 0 amide bonds. The van der Waals surface area contributed by atoms with Crippen LogP contribution in [-0.2, 0) is 6.42 Å². The predicted octanol–water partition coefficient (Wildman–Crippen LogP) is 4.40. The molecule has 2 aromatic rings. The first-order chi connectivity index (χ1) is 8.47. The van der Waals surface area contributed by atoms with E-state index in [0.29, 0.717) is 11.0 Å². The third-order valence-electron chi connectivity index (χ3n) is 2.85. The van der Waals surface area contributed by atoms with Crippen molar-refractivity contribution in [2.24, 2.45) is 0 Å². The highest BCUT2D eigenvalue weighted by molar-refractivity contribution is 7.15. The molecule has 1 aromatic heterocycles. The summed E-state index contributed by atoms with van der Waals surface area (Å²) in [4.78, 5) is 5.62. The molecule has 0 unspecified atom stereocenters. The molecule has 96 valence electrons. The second kappa shape index (κ2) is 5.29. The van der Waals surface area contributed by atoms with Gasteiger partial charge in [-0.25, -0.2) is 4.98 Å². The smallest absolute Gasteiger partial charge is 0.180 e. The topological polar surface area (TPSA) is 38.9 Å². The third-order valence-corrected chi connectivity index (χ3v) is 4.10. The molecule has 1 heterocycles. The molecule has 0 bridgehead atoms. The van der Waals surface area contributed by atoms with Crippen LogP contribution in [-0.4, -0.2) is 4.98 Å². The van der Waals surface area contributed by atoms with E-state index in [1.54, 1.807) is 11.3 Å². The van der Waals surface area contributed by atoms with Gasteiger partial charge in [0.15, 0.2) is 5.13 Å². The summed E-state index contributed by atoms with van der Waals surface area (Å²) in [6.45, 7) is 6.31. The van der Waals surface area contributed by atoms with Crippen LogP contribution in [0.1, 0.15) is 41.5 Å². The van der Waals surface area contributed by atoms with Gasteiger partial charge in [0.05, 0.1) is 5.69 Å². The lowest BCUT2D eigenvalue weighted by Gasteiger charge is -2.07. The number of thiazole rings is 1. The molecule has 0 fully saturated rings. The van der Waals surface area contributed by atoms with Crippen molar-refractivity contribution in [3.05, 3.63) is 44.9 Å². The van der Waals surface area contributed by atoms with Gasteiger partial charge in [-0.05, 0) is 30.0 Å². The lowest BCUT2D eigenvalue weighted by molar-refractivity contribution is 0.820. The van der Waals surface area contributed by atoms with Gasteiger partial charge in [-0.2, -0.15) is 0 Å². The molecule has 0 aliphatic carbocycles. The van der Waals surface area contributed by atoms with Crippen molar-refractivity contribution in [1.82, 2.24) is 4.98 Å². The Morgan fingerprint density at radius 2 is 2.11 bits per heavy atom. The van der Waals surface area contributed by atoms with Gasteiger partial charge < -0.3 is 5.73 Å². The summed E-state index contributed by atoms with van der Waals surface area (Å²) >= 11 is 7.83. The molecule has 0 spiro atoms. The monoisotopic (exact) mass is 280 g/mol. The third kappa shape index (κ3) is 2.85. The van der Waals surface area contributed by atoms with Gasteiger partial charge in [-0.1, -0.05) is 37.6 Å². The largest absolute Gasteiger partial charge is 0.375 e. The fourth-order valence-corrected chi connectivity index (χ4v) is 3.24. The van der Waals surface area contributed by atoms with E-state index in [-0.39, 0.29) is 0 Å². The molecular weight excluding hydrogens is 264 g/mol. The Bertz CT molecular complexity index is 561. The molecule has 0 saturated heterocycles. The number of nitrogens with two attached hydrogens (primary N) is 1. The van der Waals surface area contributed by atoms with E-state index >= 15 is 0 Å². The molecule has 18 heavy (non-hydrogen) atoms. The zero-order chi connectivity index (χ0) is 13.3. The average molecular weight is 281 g/mol. The fourth-order valence-electron chi connectivity index (χ4n) is 1.93. The summed E-state index contributed by atoms with van der Waals surface area (Å²) in [7, 11) is 0. The zero-order valence-electron chi connectivity index (χ0n) is 10.8. The van der Waals surface area contributed by atoms with Crippen LogP contribution in [0.3, 0.4) is 0 Å². The normalized spacial score (nSPS) is 11.2. The Kier molecular flexibility index (Phi) is 3.93. The second-order valence-corrected chi connectivity index (χ2v) is 6.31. The first kappa shape index (κ1) is 13.4. The molecule has 0 aliphatic rings. The number of aromatic nitrogens is 1. The number of hydrogen-bond acceptors (Lipinski definition) is 3. The van der Waals surface area contributed by atoms with Crippen molar-refractivity contribution in [3.8, 4) is 0 Å². The molecule has 0 saturated carbocycles. The van der Waals surface area contributed by atoms with Crippen molar-refractivity contribution in [2.45, 2.75) is 33.1 Å². The van der Waals surface area contributed by atoms with Gasteiger partial charge in [0, 0.05) is 16.3 Å². The minimum atomic E-state index is 0.387. The number of hydrogen-bond donors (Lipinski definition) is 1. The number of halogens is 1. The quantitative estimate of drug-likeness (QED) is 0.905. The van der Waals surface area contributed by atoms with Gasteiger partial charge >= 0.3 is 0 Å². The van der Waals surface area contributed by atoms with E-state index in [2.05, 4.69) is 31.0 Å². The number of aryl methyl sites for hydroxylation is 1. The standard InChI is InChI=1S/C14H17ClN2S/c1-8(2)13-12(18-14(16)17-13)7-10-5-4-9(3)6-11(10)15/h4-6,8H,7H2,1-3H3,(H2,16,17). The summed E-state index contributed by atoms with van der Waals surface area (Å²) in [6.07, 6.45) is 0.807. The summed E-state index contributed by atoms with van der Waals surface area (Å²) in [5.74, 6) is 0.387. The Balaban J connectivity index is 2.33. The van der Waals surface area contributed by atoms with E-state index < -0.39 is 0 Å². The lowest BCUT2D eigenvalue weighted by Crippen LogP contribution is -1.96. The van der Waals surface area contributed by atoms with Gasteiger partial charge in [-0.15, -0.1) is 11.3 Å². The summed E-state index contributed by atoms with van der Waals surface area (Å²) in [5.41, 5.74) is 9.21. The summed E-state index contributed by atoms with van der Waals surface area (Å²) in [6, 6.07) is 6.16. The second-order valence-electron chi connectivity index (χ2n) is 4.79. The van der Waals surface area contributed by atoms with E-state index in [1.165, 1.54) is 10.4 Å². The predicted molar refractivity (Wildman–Crippen MR) is 79.6 cm³/mol. The van der Waals surface area contributed by atoms with Crippen molar-refractivity contribution >= 4 is 28.1 Å². The van der Waals surface area contributed by atoms with Crippen LogP contribution in [0.4, 0.5) is 5.13 Å². The first-order valence-corrected chi connectivity index (χ1v) is 7.17. The van der Waals surface area contributed by atoms with Crippen molar-refractivity contribution in [1.29, 1.82) is 0 Å². The van der Waals surface area contributed by atoms with Crippen LogP contribution in [0.5, 0.6) is 0 Å². The Morgan fingerprint density at radius 3 is 2.72 bits per heavy atom. The molecule has 0 aliphatic heterocycles. The van der Waals surface area contributed by atoms with Gasteiger partial charge in [0.1, 0.15) is 0 Å². The lowest BCUT2D eigenvalue weighted by atomic mass is 10.0. The van der Waals surface area contributed by atoms with Crippen molar-refractivity contribution in [3.63, 3.8) is 0 Å². The SMILES string of the molecule is Cc1ccc(Cc2sc(N)nc2C(C)C)c(Cl)c1. The van der Waals surface area contributed by atoms with Gasteiger partial charge in [-0.3, -0.25) is 0 Å². The van der Waals surface area contributed by atoms with Crippen LogP contribution in [0.25, 0.3) is 0 Å². The molecule has 2 rings (SSSR count). The van der Waals surface area contributed by atoms with E-state index in [1.807, 2.05) is 13.0 Å². The summed E-state index contributed by atoms with van der Waals surface area (Å²) < 4.78 is 0. The maximum atomic E-state index is 6.27. The maximum Gasteiger partial charge on any atom is 0.180 e. The Morgan fingerprint density at radius 1 is 1.39 bits per heavy atom. The Hall–Kier alpha value is -1.06. The van der Waals surface area contributed by atoms with Crippen LogP contribution in [0, 0.1) is 6.92 Å². The number of anilines is 1. The van der Waals surface area contributed by atoms with Crippen LogP contribution in [0.15, 0.2) is 18.2 Å².